The van der Waals surface area contributed by atoms with E-state index in [1.807, 2.05) is 0 Å². The van der Waals surface area contributed by atoms with E-state index >= 15 is 0 Å². The third-order valence-electron chi connectivity index (χ3n) is 8.86. The molecule has 3 fully saturated rings. The van der Waals surface area contributed by atoms with Crippen molar-refractivity contribution in [1.82, 2.24) is 15.4 Å². The fourth-order valence-electron chi connectivity index (χ4n) is 6.83. The summed E-state index contributed by atoms with van der Waals surface area (Å²) < 4.78 is 62.2. The minimum atomic E-state index is -4.26. The number of hydrazone groups is 1. The summed E-state index contributed by atoms with van der Waals surface area (Å²) in [7, 11) is -2.93. The fourth-order valence-corrected chi connectivity index (χ4v) is 9.07. The second-order valence-electron chi connectivity index (χ2n) is 14.4. The van der Waals surface area contributed by atoms with Gasteiger partial charge in [0.2, 0.25) is 16.5 Å². The van der Waals surface area contributed by atoms with Gasteiger partial charge in [-0.3, -0.25) is 19.5 Å². The number of fused-ring (bicyclic) bond motifs is 1. The molecule has 1 aromatic heterocycles. The lowest BCUT2D eigenvalue weighted by Gasteiger charge is -2.38. The van der Waals surface area contributed by atoms with Crippen LogP contribution in [0.2, 0.25) is 5.28 Å². The summed E-state index contributed by atoms with van der Waals surface area (Å²) in [6.45, 7) is 16.8. The molecule has 0 aromatic carbocycles. The van der Waals surface area contributed by atoms with Gasteiger partial charge in [-0.2, -0.15) is 15.1 Å². The van der Waals surface area contributed by atoms with Gasteiger partial charge in [-0.25, -0.2) is 15.3 Å². The van der Waals surface area contributed by atoms with Crippen LogP contribution in [0.1, 0.15) is 86.1 Å². The Labute approximate surface area is 315 Å². The quantitative estimate of drug-likeness (QED) is 0.0675. The van der Waals surface area contributed by atoms with E-state index in [0.29, 0.717) is 5.56 Å². The topological polar surface area (TPSA) is 202 Å². The number of anilines is 2. The number of nitrogens with zero attached hydrogens (tertiary/aromatic N) is 5. The molecular formula is C33H54ClN6O12P. The van der Waals surface area contributed by atoms with E-state index < -0.39 is 73.9 Å². The van der Waals surface area contributed by atoms with Crippen molar-refractivity contribution >= 4 is 49.6 Å². The van der Waals surface area contributed by atoms with E-state index in [0.717, 1.165) is 25.7 Å². The number of rotatable bonds is 17. The van der Waals surface area contributed by atoms with Crippen LogP contribution in [-0.4, -0.2) is 115 Å². The zero-order valence-corrected chi connectivity index (χ0v) is 33.6. The first-order valence-electron chi connectivity index (χ1n) is 17.7. The second kappa shape index (κ2) is 17.5. The Morgan fingerprint density at radius 2 is 1.72 bits per heavy atom. The van der Waals surface area contributed by atoms with Crippen molar-refractivity contribution in [1.29, 1.82) is 0 Å². The normalized spacial score (nSPS) is 24.1. The molecular weight excluding hydrogens is 739 g/mol. The molecule has 0 radical (unpaired) electrons. The number of amides is 2. The molecule has 3 heterocycles. The van der Waals surface area contributed by atoms with E-state index in [-0.39, 0.29) is 42.8 Å². The molecule has 5 atom stereocenters. The summed E-state index contributed by atoms with van der Waals surface area (Å²) in [4.78, 5) is 36.8. The Hall–Kier alpha value is -2.51. The van der Waals surface area contributed by atoms with Gasteiger partial charge in [0.05, 0.1) is 32.8 Å². The lowest BCUT2D eigenvalue weighted by Crippen LogP contribution is -2.46. The van der Waals surface area contributed by atoms with Crippen LogP contribution in [0.3, 0.4) is 0 Å². The summed E-state index contributed by atoms with van der Waals surface area (Å²) in [5, 5.41) is 12.9. The van der Waals surface area contributed by atoms with E-state index in [4.69, 9.17) is 49.1 Å². The highest BCUT2D eigenvalue weighted by Crippen LogP contribution is 2.62. The second-order valence-corrected chi connectivity index (χ2v) is 17.1. The van der Waals surface area contributed by atoms with Crippen molar-refractivity contribution in [3.8, 4) is 0 Å². The number of aromatic nitrogens is 2. The smallest absolute Gasteiger partial charge is 0.416 e. The number of ether oxygens (including phenoxy) is 6. The van der Waals surface area contributed by atoms with Crippen LogP contribution in [0.15, 0.2) is 5.10 Å². The molecule has 4 rings (SSSR count). The first kappa shape index (κ1) is 43.2. The van der Waals surface area contributed by atoms with Crippen LogP contribution in [0.4, 0.5) is 16.4 Å². The van der Waals surface area contributed by atoms with Gasteiger partial charge in [0.1, 0.15) is 29.7 Å². The average Bonchev–Trinajstić information content (AvgIpc) is 3.78. The predicted octanol–water partition coefficient (Wildman–Crippen LogP) is 5.31. The lowest BCUT2D eigenvalue weighted by molar-refractivity contribution is -0.197. The van der Waals surface area contributed by atoms with Crippen LogP contribution in [0.25, 0.3) is 0 Å². The maximum atomic E-state index is 14.3. The fraction of sp³-hybridized carbons (Fsp3) is 0.788. The van der Waals surface area contributed by atoms with Crippen LogP contribution in [0, 0.1) is 6.92 Å². The van der Waals surface area contributed by atoms with Crippen molar-refractivity contribution in [3.05, 3.63) is 10.8 Å². The highest BCUT2D eigenvalue weighted by Gasteiger charge is 2.60. The van der Waals surface area contributed by atoms with E-state index in [2.05, 4.69) is 21.8 Å². The molecule has 0 bridgehead atoms. The van der Waals surface area contributed by atoms with Crippen LogP contribution >= 0.6 is 19.2 Å². The number of nitrogens with one attached hydrogen (secondary N) is 1. The zero-order chi connectivity index (χ0) is 39.4. The van der Waals surface area contributed by atoms with Crippen molar-refractivity contribution in [3.63, 3.8) is 0 Å². The molecule has 0 unspecified atom stereocenters. The first-order valence-corrected chi connectivity index (χ1v) is 19.6. The maximum Gasteiger partial charge on any atom is 0.416 e. The first-order chi connectivity index (χ1) is 24.9. The Morgan fingerprint density at radius 1 is 1.11 bits per heavy atom. The van der Waals surface area contributed by atoms with E-state index in [9.17, 15) is 19.4 Å². The molecule has 1 saturated carbocycles. The highest BCUT2D eigenvalue weighted by molar-refractivity contribution is 7.55. The Morgan fingerprint density at radius 3 is 2.26 bits per heavy atom. The number of methoxy groups -OCH3 is 1. The van der Waals surface area contributed by atoms with Crippen LogP contribution in [-0.2, 0) is 46.8 Å². The van der Waals surface area contributed by atoms with Gasteiger partial charge in [-0.05, 0) is 79.8 Å². The molecule has 20 heteroatoms. The average molecular weight is 793 g/mol. The molecule has 3 aliphatic rings. The molecule has 53 heavy (non-hydrogen) atoms. The molecule has 18 nitrogen and oxygen atoms in total. The maximum absolute atomic E-state index is 14.3. The number of hydroxylamine groups is 1. The van der Waals surface area contributed by atoms with Crippen molar-refractivity contribution in [2.75, 3.05) is 43.4 Å². The van der Waals surface area contributed by atoms with Gasteiger partial charge in [-0.1, -0.05) is 12.8 Å². The van der Waals surface area contributed by atoms with Gasteiger partial charge in [-0.15, -0.1) is 0 Å². The van der Waals surface area contributed by atoms with Crippen LogP contribution in [0.5, 0.6) is 0 Å². The van der Waals surface area contributed by atoms with Gasteiger partial charge >= 0.3 is 13.7 Å². The molecule has 2 aliphatic heterocycles. The summed E-state index contributed by atoms with van der Waals surface area (Å²) >= 11 is 6.56. The van der Waals surface area contributed by atoms with Crippen LogP contribution < -0.4 is 15.4 Å². The number of carbonyl (C=O) groups is 2. The number of halogens is 1. The summed E-state index contributed by atoms with van der Waals surface area (Å²) in [6.07, 6.45) is -1.44. The van der Waals surface area contributed by atoms with Gasteiger partial charge in [0.25, 0.3) is 0 Å². The minimum absolute atomic E-state index is 0.0421. The van der Waals surface area contributed by atoms with E-state index in [1.54, 1.807) is 60.9 Å². The minimum Gasteiger partial charge on any atom is -0.443 e. The molecule has 2 N–H and O–H groups in total. The summed E-state index contributed by atoms with van der Waals surface area (Å²) in [5.41, 5.74) is 1.23. The van der Waals surface area contributed by atoms with Crippen molar-refractivity contribution in [2.24, 2.45) is 5.10 Å². The number of hydrogen-bond acceptors (Lipinski definition) is 16. The Balaban J connectivity index is 1.74. The Kier molecular flexibility index (Phi) is 14.3. The third kappa shape index (κ3) is 9.66. The highest BCUT2D eigenvalue weighted by atomic mass is 35.5. The lowest BCUT2D eigenvalue weighted by atomic mass is 10.1. The standard InChI is InChI=1S/C33H54ClN6O12P/c1-11-47-53(44,48-12-2)33(19-45-10,17-23(41)38-43)46-18-22-24-25(51-32(7,8)50-24)28(49-22)40(35-9)27-20(3)26(36-29(34)37-27)39(21-15-13-14-16-21)30(42)52-31(4,5)6/h21-22,24-25,28,43H,9,11-19H2,1-8,10H3,(H,38,41)/t22-,24-,25-,28-,33+/m1/s1. The third-order valence-corrected chi connectivity index (χ3v) is 11.6. The molecule has 1 aromatic rings. The van der Waals surface area contributed by atoms with Gasteiger partial charge in [0, 0.05) is 25.4 Å². The number of hydrogen-bond donors (Lipinski definition) is 2. The Bertz CT molecular complexity index is 1500. The molecule has 2 saturated heterocycles. The molecule has 1 aliphatic carbocycles. The summed E-state index contributed by atoms with van der Waals surface area (Å²) in [6, 6.07) is -0.182. The molecule has 300 valence electrons. The largest absolute Gasteiger partial charge is 0.443 e. The van der Waals surface area contributed by atoms with Crippen molar-refractivity contribution < 1.29 is 56.8 Å². The zero-order valence-electron chi connectivity index (χ0n) is 32.0. The van der Waals surface area contributed by atoms with Gasteiger partial charge < -0.3 is 37.5 Å². The molecule has 2 amide bonds. The monoisotopic (exact) mass is 792 g/mol. The van der Waals surface area contributed by atoms with E-state index in [1.165, 1.54) is 17.0 Å². The number of carbonyl (C=O) groups excluding carboxylic acids is 2. The SMILES string of the molecule is C=NN(c1nc(Cl)nc(N(C(=O)OC(C)(C)C)C2CCCC2)c1C)[C@@H]1O[C@H](CO[C@@](COC)(CC(=O)NO)P(=O)(OCC)OCC)[C@H]2OC(C)(C)O[C@H]21. The van der Waals surface area contributed by atoms with Gasteiger partial charge in [0.15, 0.2) is 17.8 Å². The molecule has 0 spiro atoms. The predicted molar refractivity (Wildman–Crippen MR) is 193 cm³/mol. The summed E-state index contributed by atoms with van der Waals surface area (Å²) in [5.74, 6) is -1.57. The van der Waals surface area contributed by atoms with Crippen molar-refractivity contribution in [2.45, 2.75) is 135 Å².